The third kappa shape index (κ3) is 3.36. The molecule has 8 heteroatoms. The van der Waals surface area contributed by atoms with Crippen LogP contribution in [0.5, 0.6) is 0 Å². The van der Waals surface area contributed by atoms with Crippen molar-refractivity contribution in [2.75, 3.05) is 7.05 Å². The number of imidazole rings is 1. The number of rotatable bonds is 5. The van der Waals surface area contributed by atoms with Gasteiger partial charge in [-0.2, -0.15) is 5.10 Å². The second kappa shape index (κ2) is 6.15. The van der Waals surface area contributed by atoms with Crippen LogP contribution in [-0.2, 0) is 17.9 Å². The Morgan fingerprint density at radius 2 is 2.30 bits per heavy atom. The summed E-state index contributed by atoms with van der Waals surface area (Å²) in [4.78, 5) is 25.3. The molecule has 3 rings (SSSR count). The third-order valence-corrected chi connectivity index (χ3v) is 3.61. The van der Waals surface area contributed by atoms with Crippen LogP contribution in [0.2, 0.25) is 0 Å². The van der Waals surface area contributed by atoms with Gasteiger partial charge in [-0.05, 0) is 18.2 Å². The van der Waals surface area contributed by atoms with Crippen molar-refractivity contribution in [3.05, 3.63) is 42.5 Å². The van der Waals surface area contributed by atoms with E-state index in [1.54, 1.807) is 29.0 Å². The number of carbonyl (C=O) groups is 1. The van der Waals surface area contributed by atoms with Crippen molar-refractivity contribution in [3.8, 4) is 0 Å². The van der Waals surface area contributed by atoms with Gasteiger partial charge in [0, 0.05) is 7.05 Å². The lowest BCUT2D eigenvalue weighted by molar-refractivity contribution is -0.134. The number of nitrogens with zero attached hydrogens (tertiary/aromatic N) is 5. The molecular formula is C15H17FN6O. The summed E-state index contributed by atoms with van der Waals surface area (Å²) in [5, 5.41) is 4.00. The van der Waals surface area contributed by atoms with E-state index in [2.05, 4.69) is 20.1 Å². The predicted molar refractivity (Wildman–Crippen MR) is 81.7 cm³/mol. The van der Waals surface area contributed by atoms with Gasteiger partial charge in [-0.25, -0.2) is 14.4 Å². The lowest BCUT2D eigenvalue weighted by Gasteiger charge is -2.20. The SMILES string of the molecule is CC(Cn1cncn1)C(=O)N(C)Cc1nc2ccc(F)cc2[nH]1. The molecule has 0 saturated heterocycles. The highest BCUT2D eigenvalue weighted by molar-refractivity contribution is 5.78. The Balaban J connectivity index is 1.66. The Morgan fingerprint density at radius 1 is 1.48 bits per heavy atom. The highest BCUT2D eigenvalue weighted by atomic mass is 19.1. The van der Waals surface area contributed by atoms with Crippen molar-refractivity contribution in [3.63, 3.8) is 0 Å². The average Bonchev–Trinajstić information content (AvgIpc) is 3.14. The number of H-pyrrole nitrogens is 1. The maximum absolute atomic E-state index is 13.2. The van der Waals surface area contributed by atoms with Gasteiger partial charge in [0.05, 0.1) is 30.0 Å². The van der Waals surface area contributed by atoms with Gasteiger partial charge in [-0.15, -0.1) is 0 Å². The molecule has 0 aliphatic carbocycles. The molecule has 0 aliphatic rings. The van der Waals surface area contributed by atoms with Gasteiger partial charge in [-0.3, -0.25) is 9.48 Å². The van der Waals surface area contributed by atoms with E-state index in [1.165, 1.54) is 18.5 Å². The molecule has 0 bridgehead atoms. The fourth-order valence-corrected chi connectivity index (χ4v) is 2.47. The Hall–Kier alpha value is -2.77. The molecule has 120 valence electrons. The van der Waals surface area contributed by atoms with Gasteiger partial charge in [0.1, 0.15) is 24.3 Å². The molecule has 2 aromatic heterocycles. The van der Waals surface area contributed by atoms with Gasteiger partial charge in [0.2, 0.25) is 5.91 Å². The zero-order valence-electron chi connectivity index (χ0n) is 12.9. The summed E-state index contributed by atoms with van der Waals surface area (Å²) in [6, 6.07) is 4.36. The Labute approximate surface area is 132 Å². The number of nitrogens with one attached hydrogen (secondary N) is 1. The van der Waals surface area contributed by atoms with Crippen LogP contribution in [0.15, 0.2) is 30.9 Å². The van der Waals surface area contributed by atoms with E-state index in [-0.39, 0.29) is 17.6 Å². The van der Waals surface area contributed by atoms with Crippen LogP contribution < -0.4 is 0 Å². The minimum atomic E-state index is -0.321. The monoisotopic (exact) mass is 316 g/mol. The minimum absolute atomic E-state index is 0.0212. The summed E-state index contributed by atoms with van der Waals surface area (Å²) in [6.45, 7) is 2.64. The first-order valence-electron chi connectivity index (χ1n) is 7.24. The van der Waals surface area contributed by atoms with Crippen LogP contribution in [0.3, 0.4) is 0 Å². The molecule has 1 atom stereocenters. The van der Waals surface area contributed by atoms with E-state index >= 15 is 0 Å². The predicted octanol–water partition coefficient (Wildman–Crippen LogP) is 1.59. The number of aromatic amines is 1. The second-order valence-corrected chi connectivity index (χ2v) is 5.56. The fraction of sp³-hybridized carbons (Fsp3) is 0.333. The largest absolute Gasteiger partial charge is 0.340 e. The van der Waals surface area contributed by atoms with Crippen molar-refractivity contribution in [1.82, 2.24) is 29.6 Å². The molecule has 0 spiro atoms. The summed E-state index contributed by atoms with van der Waals surface area (Å²) < 4.78 is 14.8. The smallest absolute Gasteiger partial charge is 0.227 e. The first kappa shape index (κ1) is 15.1. The third-order valence-electron chi connectivity index (χ3n) is 3.61. The number of halogens is 1. The number of amides is 1. The lowest BCUT2D eigenvalue weighted by Crippen LogP contribution is -2.33. The van der Waals surface area contributed by atoms with E-state index in [9.17, 15) is 9.18 Å². The summed E-state index contributed by atoms with van der Waals surface area (Å²) >= 11 is 0. The maximum Gasteiger partial charge on any atom is 0.227 e. The Bertz CT molecular complexity index is 813. The molecule has 1 aromatic carbocycles. The number of hydrogen-bond acceptors (Lipinski definition) is 4. The molecule has 2 heterocycles. The average molecular weight is 316 g/mol. The zero-order valence-corrected chi connectivity index (χ0v) is 12.9. The van der Waals surface area contributed by atoms with E-state index in [0.717, 1.165) is 0 Å². The molecule has 0 saturated carbocycles. The van der Waals surface area contributed by atoms with Crippen LogP contribution >= 0.6 is 0 Å². The highest BCUT2D eigenvalue weighted by Crippen LogP contribution is 2.14. The summed E-state index contributed by atoms with van der Waals surface area (Å²) in [5.74, 6) is 0.0450. The van der Waals surface area contributed by atoms with Gasteiger partial charge in [0.25, 0.3) is 0 Å². The molecule has 23 heavy (non-hydrogen) atoms. The second-order valence-electron chi connectivity index (χ2n) is 5.56. The van der Waals surface area contributed by atoms with Crippen LogP contribution in [-0.4, -0.2) is 42.6 Å². The molecule has 3 aromatic rings. The van der Waals surface area contributed by atoms with Crippen molar-refractivity contribution < 1.29 is 9.18 Å². The summed E-state index contributed by atoms with van der Waals surface area (Å²) in [6.07, 6.45) is 3.02. The molecule has 1 N–H and O–H groups in total. The van der Waals surface area contributed by atoms with Gasteiger partial charge >= 0.3 is 0 Å². The van der Waals surface area contributed by atoms with E-state index in [0.29, 0.717) is 29.9 Å². The van der Waals surface area contributed by atoms with Crippen LogP contribution in [0.4, 0.5) is 4.39 Å². The number of aromatic nitrogens is 5. The van der Waals surface area contributed by atoms with E-state index < -0.39 is 0 Å². The van der Waals surface area contributed by atoms with Crippen molar-refractivity contribution in [2.45, 2.75) is 20.0 Å². The highest BCUT2D eigenvalue weighted by Gasteiger charge is 2.19. The number of benzene rings is 1. The number of carbonyl (C=O) groups excluding carboxylic acids is 1. The van der Waals surface area contributed by atoms with Gasteiger partial charge in [-0.1, -0.05) is 6.92 Å². The van der Waals surface area contributed by atoms with Crippen LogP contribution in [0.25, 0.3) is 11.0 Å². The topological polar surface area (TPSA) is 79.7 Å². The number of hydrogen-bond donors (Lipinski definition) is 1. The molecule has 0 aliphatic heterocycles. The fourth-order valence-electron chi connectivity index (χ4n) is 2.47. The standard InChI is InChI=1S/C15H17FN6O/c1-10(6-22-9-17-8-18-22)15(23)21(2)7-14-19-12-4-3-11(16)5-13(12)20-14/h3-5,8-10H,6-7H2,1-2H3,(H,19,20). The molecule has 1 amide bonds. The van der Waals surface area contributed by atoms with E-state index in [4.69, 9.17) is 0 Å². The maximum atomic E-state index is 13.2. The molecule has 7 nitrogen and oxygen atoms in total. The quantitative estimate of drug-likeness (QED) is 0.775. The molecular weight excluding hydrogens is 299 g/mol. The lowest BCUT2D eigenvalue weighted by atomic mass is 10.1. The zero-order chi connectivity index (χ0) is 16.4. The molecule has 0 fully saturated rings. The van der Waals surface area contributed by atoms with E-state index in [1.807, 2.05) is 6.92 Å². The Morgan fingerprint density at radius 3 is 3.04 bits per heavy atom. The Kier molecular flexibility index (Phi) is 4.05. The molecule has 1 unspecified atom stereocenters. The van der Waals surface area contributed by atoms with Crippen molar-refractivity contribution in [2.24, 2.45) is 5.92 Å². The van der Waals surface area contributed by atoms with Gasteiger partial charge < -0.3 is 9.88 Å². The van der Waals surface area contributed by atoms with Crippen LogP contribution in [0, 0.1) is 11.7 Å². The summed E-state index contributed by atoms with van der Waals surface area (Å²) in [7, 11) is 1.72. The number of fused-ring (bicyclic) bond motifs is 1. The minimum Gasteiger partial charge on any atom is -0.340 e. The van der Waals surface area contributed by atoms with Crippen molar-refractivity contribution in [1.29, 1.82) is 0 Å². The van der Waals surface area contributed by atoms with Gasteiger partial charge in [0.15, 0.2) is 0 Å². The normalized spacial score (nSPS) is 12.5. The van der Waals surface area contributed by atoms with Crippen molar-refractivity contribution >= 4 is 16.9 Å². The molecule has 0 radical (unpaired) electrons. The summed E-state index contributed by atoms with van der Waals surface area (Å²) in [5.41, 5.74) is 1.30. The first-order chi connectivity index (χ1) is 11.0. The van der Waals surface area contributed by atoms with Crippen LogP contribution in [0.1, 0.15) is 12.7 Å². The first-order valence-corrected chi connectivity index (χ1v) is 7.24.